The third-order valence-corrected chi connectivity index (χ3v) is 4.17. The van der Waals surface area contributed by atoms with Gasteiger partial charge in [-0.15, -0.1) is 11.8 Å². The molecule has 150 valence electrons. The van der Waals surface area contributed by atoms with Crippen molar-refractivity contribution in [2.75, 3.05) is 25.2 Å². The summed E-state index contributed by atoms with van der Waals surface area (Å²) in [5.41, 5.74) is 1.39. The van der Waals surface area contributed by atoms with E-state index in [4.69, 9.17) is 19.8 Å². The highest BCUT2D eigenvalue weighted by atomic mass is 32.2. The lowest BCUT2D eigenvalue weighted by molar-refractivity contribution is -0.159. The Morgan fingerprint density at radius 2 is 1.61 bits per heavy atom. The fourth-order valence-corrected chi connectivity index (χ4v) is 2.71. The molecule has 7 nitrogen and oxygen atoms in total. The number of carbonyl (C=O) groups is 3. The summed E-state index contributed by atoms with van der Waals surface area (Å²) in [5, 5.41) is 17.7. The molecule has 0 heterocycles. The highest BCUT2D eigenvalue weighted by Gasteiger charge is 2.11. The molecule has 0 aliphatic rings. The van der Waals surface area contributed by atoms with Crippen LogP contribution in [0.2, 0.25) is 0 Å². The van der Waals surface area contributed by atoms with Gasteiger partial charge in [0.2, 0.25) is 5.91 Å². The molecule has 3 N–H and O–H groups in total. The van der Waals surface area contributed by atoms with Gasteiger partial charge in [0, 0.05) is 17.0 Å². The molecule has 0 spiro atoms. The van der Waals surface area contributed by atoms with Gasteiger partial charge in [0.15, 0.2) is 0 Å². The van der Waals surface area contributed by atoms with E-state index in [1.807, 2.05) is 30.5 Å². The van der Waals surface area contributed by atoms with Crippen molar-refractivity contribution in [2.24, 2.45) is 0 Å². The summed E-state index contributed by atoms with van der Waals surface area (Å²) in [4.78, 5) is 33.1. The summed E-state index contributed by atoms with van der Waals surface area (Å²) in [6.45, 7) is 0.599. The fourth-order valence-electron chi connectivity index (χ4n) is 2.16. The van der Waals surface area contributed by atoms with Crippen LogP contribution in [0.3, 0.4) is 0 Å². The number of benzene rings is 2. The van der Waals surface area contributed by atoms with Crippen molar-refractivity contribution in [3.8, 4) is 0 Å². The minimum absolute atomic E-state index is 0.111. The number of anilines is 1. The number of amides is 1. The third-order valence-electron chi connectivity index (χ3n) is 3.38. The number of hydrogen-bond acceptors (Lipinski definition) is 5. The first-order valence-electron chi connectivity index (χ1n) is 8.05. The standard InChI is InChI=1S/C17H19FN2OS.C2H2O4/c1-20(11-13-7-3-4-8-14(13)18)12-17(21)19-15-9-5-6-10-16(15)22-2;3-1(4)2(5)6/h3-10H,11-12H2,1-2H3,(H,19,21);(H,3,4)(H,5,6). The summed E-state index contributed by atoms with van der Waals surface area (Å²) in [6.07, 6.45) is 1.97. The molecule has 0 fully saturated rings. The van der Waals surface area contributed by atoms with Gasteiger partial charge in [0.05, 0.1) is 12.2 Å². The number of likely N-dealkylation sites (N-methyl/N-ethyl adjacent to an activating group) is 1. The minimum atomic E-state index is -1.82. The molecular formula is C19H21FN2O5S. The van der Waals surface area contributed by atoms with Gasteiger partial charge in [-0.25, -0.2) is 14.0 Å². The molecule has 0 saturated heterocycles. The number of thioether (sulfide) groups is 1. The zero-order chi connectivity index (χ0) is 21.1. The van der Waals surface area contributed by atoms with Gasteiger partial charge in [-0.2, -0.15) is 0 Å². The van der Waals surface area contributed by atoms with Crippen LogP contribution in [-0.4, -0.2) is 52.8 Å². The Labute approximate surface area is 166 Å². The van der Waals surface area contributed by atoms with Crippen LogP contribution in [-0.2, 0) is 20.9 Å². The van der Waals surface area contributed by atoms with Crippen molar-refractivity contribution in [1.82, 2.24) is 4.90 Å². The van der Waals surface area contributed by atoms with Crippen LogP contribution in [0.15, 0.2) is 53.4 Å². The summed E-state index contributed by atoms with van der Waals surface area (Å²) in [7, 11) is 1.80. The number of carbonyl (C=O) groups excluding carboxylic acids is 1. The lowest BCUT2D eigenvalue weighted by atomic mass is 10.2. The summed E-state index contributed by atoms with van der Waals surface area (Å²) >= 11 is 1.58. The molecule has 0 saturated carbocycles. The average molecular weight is 408 g/mol. The van der Waals surface area contributed by atoms with Crippen LogP contribution in [0.5, 0.6) is 0 Å². The highest BCUT2D eigenvalue weighted by Crippen LogP contribution is 2.24. The van der Waals surface area contributed by atoms with E-state index in [-0.39, 0.29) is 18.3 Å². The topological polar surface area (TPSA) is 107 Å². The molecule has 28 heavy (non-hydrogen) atoms. The molecule has 0 atom stereocenters. The molecule has 2 aromatic carbocycles. The first kappa shape index (κ1) is 23.1. The third kappa shape index (κ3) is 8.19. The minimum Gasteiger partial charge on any atom is -0.473 e. The molecule has 0 aromatic heterocycles. The van der Waals surface area contributed by atoms with Crippen molar-refractivity contribution in [3.05, 3.63) is 59.9 Å². The van der Waals surface area contributed by atoms with E-state index >= 15 is 0 Å². The van der Waals surface area contributed by atoms with Crippen LogP contribution in [0.1, 0.15) is 5.56 Å². The highest BCUT2D eigenvalue weighted by molar-refractivity contribution is 7.98. The van der Waals surface area contributed by atoms with Crippen molar-refractivity contribution in [3.63, 3.8) is 0 Å². The molecule has 9 heteroatoms. The van der Waals surface area contributed by atoms with Gasteiger partial charge in [-0.05, 0) is 31.5 Å². The lowest BCUT2D eigenvalue weighted by Gasteiger charge is -2.17. The van der Waals surface area contributed by atoms with E-state index in [9.17, 15) is 9.18 Å². The second kappa shape index (κ2) is 11.7. The maximum absolute atomic E-state index is 13.6. The monoisotopic (exact) mass is 408 g/mol. The van der Waals surface area contributed by atoms with Crippen molar-refractivity contribution in [2.45, 2.75) is 11.4 Å². The molecule has 2 rings (SSSR count). The zero-order valence-corrected chi connectivity index (χ0v) is 16.2. The Hall–Kier alpha value is -2.91. The predicted molar refractivity (Wildman–Crippen MR) is 105 cm³/mol. The van der Waals surface area contributed by atoms with Crippen molar-refractivity contribution >= 4 is 35.3 Å². The largest absolute Gasteiger partial charge is 0.473 e. The maximum Gasteiger partial charge on any atom is 0.414 e. The van der Waals surface area contributed by atoms with Crippen LogP contribution in [0.25, 0.3) is 0 Å². The Morgan fingerprint density at radius 3 is 2.18 bits per heavy atom. The number of carboxylic acids is 2. The summed E-state index contributed by atoms with van der Waals surface area (Å²) < 4.78 is 13.6. The quantitative estimate of drug-likeness (QED) is 0.498. The second-order valence-corrected chi connectivity index (χ2v) is 6.47. The first-order valence-corrected chi connectivity index (χ1v) is 9.28. The van der Waals surface area contributed by atoms with Crippen molar-refractivity contribution in [1.29, 1.82) is 0 Å². The fraction of sp³-hybridized carbons (Fsp3) is 0.211. The molecule has 0 radical (unpaired) electrons. The molecule has 0 unspecified atom stereocenters. The number of nitrogens with zero attached hydrogens (tertiary/aromatic N) is 1. The van der Waals surface area contributed by atoms with Crippen LogP contribution in [0, 0.1) is 5.82 Å². The smallest absolute Gasteiger partial charge is 0.414 e. The number of para-hydroxylation sites is 1. The average Bonchev–Trinajstić information content (AvgIpc) is 2.64. The van der Waals surface area contributed by atoms with E-state index in [0.29, 0.717) is 12.1 Å². The Morgan fingerprint density at radius 1 is 1.04 bits per heavy atom. The number of carboxylic acid groups (broad SMARTS) is 2. The van der Waals surface area contributed by atoms with Gasteiger partial charge in [-0.1, -0.05) is 30.3 Å². The van der Waals surface area contributed by atoms with Gasteiger partial charge >= 0.3 is 11.9 Å². The van der Waals surface area contributed by atoms with Crippen LogP contribution in [0.4, 0.5) is 10.1 Å². The van der Waals surface area contributed by atoms with Gasteiger partial charge < -0.3 is 15.5 Å². The number of aliphatic carboxylic acids is 2. The SMILES string of the molecule is CSc1ccccc1NC(=O)CN(C)Cc1ccccc1F.O=C(O)C(=O)O. The van der Waals surface area contributed by atoms with E-state index in [0.717, 1.165) is 10.6 Å². The van der Waals surface area contributed by atoms with Gasteiger partial charge in [0.1, 0.15) is 5.82 Å². The number of hydrogen-bond donors (Lipinski definition) is 3. The Bertz CT molecular complexity index is 819. The summed E-state index contributed by atoms with van der Waals surface area (Å²) in [5.74, 6) is -4.01. The normalized spacial score (nSPS) is 10.0. The van der Waals surface area contributed by atoms with Crippen molar-refractivity contribution < 1.29 is 29.0 Å². The Kier molecular flexibility index (Phi) is 9.69. The first-order chi connectivity index (χ1) is 13.2. The molecule has 1 amide bonds. The lowest BCUT2D eigenvalue weighted by Crippen LogP contribution is -2.30. The Balaban J connectivity index is 0.000000568. The summed E-state index contributed by atoms with van der Waals surface area (Å²) in [6, 6.07) is 14.3. The van der Waals surface area contributed by atoms with E-state index in [2.05, 4.69) is 5.32 Å². The number of halogens is 1. The molecule has 2 aromatic rings. The molecular weight excluding hydrogens is 387 g/mol. The number of rotatable bonds is 6. The maximum atomic E-state index is 13.6. The van der Waals surface area contributed by atoms with E-state index in [1.54, 1.807) is 41.9 Å². The van der Waals surface area contributed by atoms with Crippen LogP contribution < -0.4 is 5.32 Å². The zero-order valence-electron chi connectivity index (χ0n) is 15.4. The molecule has 0 aliphatic carbocycles. The van der Waals surface area contributed by atoms with E-state index < -0.39 is 11.9 Å². The molecule has 0 aliphatic heterocycles. The van der Waals surface area contributed by atoms with Crippen LogP contribution >= 0.6 is 11.8 Å². The second-order valence-electron chi connectivity index (χ2n) is 5.62. The molecule has 0 bridgehead atoms. The predicted octanol–water partition coefficient (Wildman–Crippen LogP) is 2.77. The van der Waals surface area contributed by atoms with Gasteiger partial charge in [-0.3, -0.25) is 9.69 Å². The van der Waals surface area contributed by atoms with E-state index in [1.165, 1.54) is 6.07 Å². The van der Waals surface area contributed by atoms with Gasteiger partial charge in [0.25, 0.3) is 0 Å². The number of nitrogens with one attached hydrogen (secondary N) is 1.